The van der Waals surface area contributed by atoms with Gasteiger partial charge in [0.25, 0.3) is 0 Å². The normalized spacial score (nSPS) is 10.8. The monoisotopic (exact) mass is 469 g/mol. The molecular formula is H15NNa4O14P4. The molecule has 11 N–H and O–H groups in total. The molecule has 0 aromatic heterocycles. The van der Waals surface area contributed by atoms with E-state index < -0.39 is 31.3 Å². The van der Waals surface area contributed by atoms with Gasteiger partial charge < -0.3 is 45.3 Å². The molecule has 0 unspecified atom stereocenters. The number of hydrogen-bond donors (Lipinski definition) is 9. The first-order valence-electron chi connectivity index (χ1n) is 3.06. The van der Waals surface area contributed by atoms with Gasteiger partial charge in [-0.25, -0.2) is 18.3 Å². The van der Waals surface area contributed by atoms with Gasteiger partial charge in [0.15, 0.2) is 0 Å². The molecule has 0 heterocycles. The van der Waals surface area contributed by atoms with Crippen molar-refractivity contribution in [3.05, 3.63) is 0 Å². The van der Waals surface area contributed by atoms with Gasteiger partial charge in [-0.3, -0.25) is 0 Å². The Labute approximate surface area is 218 Å². The summed E-state index contributed by atoms with van der Waals surface area (Å²) in [5, 5.41) is 0. The molecule has 128 valence electrons. The number of phosphoric acid groups is 4. The quantitative estimate of drug-likeness (QED) is 0.140. The average molecular weight is 469 g/mol. The molecule has 0 atom stereocenters. The Hall–Kier alpha value is 4.48. The fourth-order valence-electron chi connectivity index (χ4n) is 0.277. The molecule has 0 aliphatic rings. The minimum atomic E-state index is -5.05. The van der Waals surface area contributed by atoms with Crippen molar-refractivity contribution < 1.29 is 66.0 Å². The summed E-state index contributed by atoms with van der Waals surface area (Å²) in [5.74, 6) is 0. The van der Waals surface area contributed by atoms with Gasteiger partial charge in [0.05, 0.1) is 0 Å². The van der Waals surface area contributed by atoms with Crippen LogP contribution in [0.2, 0.25) is 0 Å². The number of rotatable bonds is 4. The minimum absolute atomic E-state index is 0. The van der Waals surface area contributed by atoms with Gasteiger partial charge in [0, 0.05) is 0 Å². The molecule has 0 spiro atoms. The fraction of sp³-hybridized carbons (Fsp3) is 0. The summed E-state index contributed by atoms with van der Waals surface area (Å²) in [5.41, 5.74) is 0. The van der Waals surface area contributed by atoms with E-state index in [0.29, 0.717) is 0 Å². The maximum atomic E-state index is 9.63. The first-order chi connectivity index (χ1) is 7.41. The summed E-state index contributed by atoms with van der Waals surface area (Å²) in [6, 6.07) is 0. The van der Waals surface area contributed by atoms with Crippen LogP contribution in [0.1, 0.15) is 0 Å². The molecule has 0 aliphatic carbocycles. The molecule has 0 saturated heterocycles. The second-order valence-electron chi connectivity index (χ2n) is 2.13. The van der Waals surface area contributed by atoms with Crippen LogP contribution >= 0.6 is 31.3 Å². The van der Waals surface area contributed by atoms with Crippen LogP contribution in [0.3, 0.4) is 0 Å². The molecule has 0 rings (SSSR count). The Bertz CT molecular complexity index is 358. The molecule has 0 fully saturated rings. The van der Waals surface area contributed by atoms with Crippen LogP contribution in [0.4, 0.5) is 0 Å². The number of hydrogen-bond acceptors (Lipinski definition) is 7. The van der Waals surface area contributed by atoms with Crippen LogP contribution in [0.5, 0.6) is 0 Å². The maximum absolute atomic E-state index is 9.63. The topological polar surface area (TPSA) is 284 Å². The molecule has 23 heavy (non-hydrogen) atoms. The van der Waals surface area contributed by atoms with Crippen LogP contribution < -0.4 is 6.15 Å². The second-order valence-corrected chi connectivity index (χ2v) is 7.36. The van der Waals surface area contributed by atoms with Gasteiger partial charge in [0.2, 0.25) is 0 Å². The van der Waals surface area contributed by atoms with E-state index in [9.17, 15) is 18.3 Å². The molecule has 15 nitrogen and oxygen atoms in total. The zero-order chi connectivity index (χ0) is 15.4. The molecule has 0 radical (unpaired) electrons. The van der Waals surface area contributed by atoms with E-state index in [1.54, 1.807) is 0 Å². The van der Waals surface area contributed by atoms with Crippen molar-refractivity contribution in [3.63, 3.8) is 0 Å². The van der Waals surface area contributed by atoms with Crippen molar-refractivity contribution >= 4 is 150 Å². The third kappa shape index (κ3) is 58.4. The third-order valence-corrected chi connectivity index (χ3v) is 3.83. The van der Waals surface area contributed by atoms with Gasteiger partial charge in [0.1, 0.15) is 0 Å². The molecular weight excluding hydrogens is 454 g/mol. The Morgan fingerprint density at radius 3 is 0.522 bits per heavy atom. The van der Waals surface area contributed by atoms with Crippen molar-refractivity contribution in [1.82, 2.24) is 6.15 Å². The summed E-state index contributed by atoms with van der Waals surface area (Å²) in [4.78, 5) is 62.0. The van der Waals surface area contributed by atoms with E-state index >= 15 is 0 Å². The van der Waals surface area contributed by atoms with E-state index in [-0.39, 0.29) is 124 Å². The van der Waals surface area contributed by atoms with E-state index in [2.05, 4.69) is 8.62 Å². The van der Waals surface area contributed by atoms with Crippen molar-refractivity contribution in [2.24, 2.45) is 0 Å². The summed E-state index contributed by atoms with van der Waals surface area (Å²) in [6.07, 6.45) is 0. The van der Waals surface area contributed by atoms with Crippen LogP contribution in [-0.2, 0) is 26.9 Å². The first kappa shape index (κ1) is 45.9. The molecule has 23 heteroatoms. The van der Waals surface area contributed by atoms with E-state index in [4.69, 9.17) is 39.1 Å². The van der Waals surface area contributed by atoms with Crippen LogP contribution in [0.15, 0.2) is 0 Å². The zero-order valence-electron chi connectivity index (χ0n) is 8.52. The molecule has 0 bridgehead atoms. The van der Waals surface area contributed by atoms with Crippen molar-refractivity contribution in [3.8, 4) is 0 Å². The predicted molar refractivity (Wildman–Crippen MR) is 84.0 cm³/mol. The Balaban J connectivity index is -0.0000000366. The molecule has 0 amide bonds. The van der Waals surface area contributed by atoms with Gasteiger partial charge in [-0.15, -0.1) is 0 Å². The van der Waals surface area contributed by atoms with E-state index in [1.807, 2.05) is 0 Å². The third-order valence-electron chi connectivity index (χ3n) is 0.425. The molecule has 0 saturated carbocycles. The van der Waals surface area contributed by atoms with E-state index in [0.717, 1.165) is 0 Å². The summed E-state index contributed by atoms with van der Waals surface area (Å²) in [7, 11) is -20.2. The first-order valence-corrected chi connectivity index (χ1v) is 9.18. The van der Waals surface area contributed by atoms with Crippen LogP contribution in [0, 0.1) is 0 Å². The van der Waals surface area contributed by atoms with Crippen molar-refractivity contribution in [2.45, 2.75) is 0 Å². The summed E-state index contributed by atoms with van der Waals surface area (Å²) in [6.45, 7) is 0. The average Bonchev–Trinajstić information content (AvgIpc) is 1.64. The summed E-state index contributed by atoms with van der Waals surface area (Å²) < 4.78 is 44.4. The van der Waals surface area contributed by atoms with E-state index in [1.165, 1.54) is 0 Å². The second kappa shape index (κ2) is 18.5. The van der Waals surface area contributed by atoms with Gasteiger partial charge in [-0.2, -0.15) is 8.62 Å². The fourth-order valence-corrected chi connectivity index (χ4v) is 2.49. The Kier molecular flexibility index (Phi) is 37.0. The molecule has 0 aromatic carbocycles. The van der Waals surface area contributed by atoms with Gasteiger partial charge in [-0.05, 0) is 0 Å². The molecule has 0 aromatic rings. The standard InChI is InChI=1S/H3N.4Na.2H4O7P2.4H/c;;;;;2*1-8(2,3)7-9(4,5)6;;;;/h1H3;;;;;2*(H2,1,2,3)(H2,4,5,6);;;;. The van der Waals surface area contributed by atoms with Crippen LogP contribution in [0.25, 0.3) is 0 Å². The van der Waals surface area contributed by atoms with Gasteiger partial charge in [-0.1, -0.05) is 0 Å². The Morgan fingerprint density at radius 1 is 0.435 bits per heavy atom. The Morgan fingerprint density at radius 2 is 0.522 bits per heavy atom. The predicted octanol–water partition coefficient (Wildman–Crippen LogP) is -4.06. The molecule has 0 aliphatic heterocycles. The SMILES string of the molecule is N.O=P(O)(O)OP(=O)(O)O.O=P(O)(O)OP(=O)(O)O.[NaH].[NaH].[NaH].[NaH]. The zero-order valence-corrected chi connectivity index (χ0v) is 12.1. The van der Waals surface area contributed by atoms with Gasteiger partial charge >= 0.3 is 150 Å². The van der Waals surface area contributed by atoms with Crippen molar-refractivity contribution in [2.75, 3.05) is 0 Å². The van der Waals surface area contributed by atoms with Crippen LogP contribution in [-0.4, -0.2) is 157 Å². The summed E-state index contributed by atoms with van der Waals surface area (Å²) >= 11 is 0. The van der Waals surface area contributed by atoms with Crippen molar-refractivity contribution in [1.29, 1.82) is 0 Å².